The molecule has 0 saturated heterocycles. The third-order valence-corrected chi connectivity index (χ3v) is 3.21. The van der Waals surface area contributed by atoms with Crippen molar-refractivity contribution in [3.8, 4) is 0 Å². The minimum atomic E-state index is -0.175. The van der Waals surface area contributed by atoms with Crippen molar-refractivity contribution in [1.29, 1.82) is 0 Å². The van der Waals surface area contributed by atoms with Gasteiger partial charge >= 0.3 is 0 Å². The van der Waals surface area contributed by atoms with Crippen molar-refractivity contribution < 1.29 is 9.53 Å². The molecule has 1 aromatic carbocycles. The maximum absolute atomic E-state index is 12.1. The summed E-state index contributed by atoms with van der Waals surface area (Å²) in [4.78, 5) is 15.9. The quantitative estimate of drug-likeness (QED) is 0.834. The van der Waals surface area contributed by atoms with Gasteiger partial charge in [0.2, 0.25) is 0 Å². The summed E-state index contributed by atoms with van der Waals surface area (Å²) in [5.74, 6) is -0.175. The van der Waals surface area contributed by atoms with Gasteiger partial charge in [0.1, 0.15) is 5.15 Å². The Morgan fingerprint density at radius 3 is 2.76 bits per heavy atom. The number of rotatable bonds is 6. The summed E-state index contributed by atoms with van der Waals surface area (Å²) in [6.45, 7) is 3.61. The van der Waals surface area contributed by atoms with Crippen LogP contribution in [0.1, 0.15) is 28.4 Å². The molecule has 0 aliphatic rings. The summed E-state index contributed by atoms with van der Waals surface area (Å²) in [7, 11) is 0. The fourth-order valence-corrected chi connectivity index (χ4v) is 2.08. The van der Waals surface area contributed by atoms with Gasteiger partial charge in [-0.3, -0.25) is 4.79 Å². The Bertz CT molecular complexity index is 617. The van der Waals surface area contributed by atoms with E-state index in [-0.39, 0.29) is 5.91 Å². The third kappa shape index (κ3) is 4.55. The van der Waals surface area contributed by atoms with E-state index in [2.05, 4.69) is 10.3 Å². The number of halogens is 1. The zero-order valence-electron chi connectivity index (χ0n) is 11.8. The van der Waals surface area contributed by atoms with E-state index in [0.717, 1.165) is 11.1 Å². The molecule has 21 heavy (non-hydrogen) atoms. The first-order valence-electron chi connectivity index (χ1n) is 6.75. The van der Waals surface area contributed by atoms with Crippen LogP contribution in [0.5, 0.6) is 0 Å². The van der Waals surface area contributed by atoms with E-state index in [1.807, 2.05) is 31.2 Å². The number of nitrogens with zero attached hydrogens (tertiary/aromatic N) is 1. The summed E-state index contributed by atoms with van der Waals surface area (Å²) < 4.78 is 5.43. The summed E-state index contributed by atoms with van der Waals surface area (Å²) in [5.41, 5.74) is 2.61. The number of aromatic nitrogens is 1. The molecule has 4 nitrogen and oxygen atoms in total. The predicted octanol–water partition coefficient (Wildman–Crippen LogP) is 3.20. The molecule has 0 fully saturated rings. The second-order valence-corrected chi connectivity index (χ2v) is 4.84. The Labute approximate surface area is 129 Å². The molecule has 1 aromatic heterocycles. The van der Waals surface area contributed by atoms with E-state index in [4.69, 9.17) is 16.3 Å². The van der Waals surface area contributed by atoms with Crippen molar-refractivity contribution in [2.24, 2.45) is 0 Å². The highest BCUT2D eigenvalue weighted by atomic mass is 35.5. The molecule has 0 bridgehead atoms. The lowest BCUT2D eigenvalue weighted by Gasteiger charge is -2.11. The van der Waals surface area contributed by atoms with E-state index >= 15 is 0 Å². The fourth-order valence-electron chi connectivity index (χ4n) is 1.90. The van der Waals surface area contributed by atoms with Gasteiger partial charge < -0.3 is 10.1 Å². The second-order valence-electron chi connectivity index (χ2n) is 4.46. The van der Waals surface area contributed by atoms with E-state index in [1.165, 1.54) is 6.20 Å². The van der Waals surface area contributed by atoms with Gasteiger partial charge in [0, 0.05) is 24.9 Å². The van der Waals surface area contributed by atoms with Gasteiger partial charge in [0.05, 0.1) is 6.61 Å². The van der Waals surface area contributed by atoms with Crippen molar-refractivity contribution in [3.05, 3.63) is 64.4 Å². The summed E-state index contributed by atoms with van der Waals surface area (Å²) >= 11 is 5.78. The van der Waals surface area contributed by atoms with E-state index in [1.54, 1.807) is 12.1 Å². The minimum Gasteiger partial charge on any atom is -0.377 e. The number of carbonyl (C=O) groups is 1. The highest BCUT2D eigenvalue weighted by Crippen LogP contribution is 2.11. The first-order valence-corrected chi connectivity index (χ1v) is 7.12. The molecule has 0 saturated carbocycles. The van der Waals surface area contributed by atoms with Crippen molar-refractivity contribution >= 4 is 17.5 Å². The first kappa shape index (κ1) is 15.5. The van der Waals surface area contributed by atoms with Gasteiger partial charge in [0.25, 0.3) is 5.91 Å². The molecule has 110 valence electrons. The molecule has 0 aliphatic carbocycles. The van der Waals surface area contributed by atoms with Gasteiger partial charge in [-0.05, 0) is 30.2 Å². The number of hydrogen-bond donors (Lipinski definition) is 1. The smallest absolute Gasteiger partial charge is 0.251 e. The second kappa shape index (κ2) is 7.76. The van der Waals surface area contributed by atoms with E-state index in [0.29, 0.717) is 30.5 Å². The zero-order chi connectivity index (χ0) is 15.1. The highest BCUT2D eigenvalue weighted by molar-refractivity contribution is 6.29. The lowest BCUT2D eigenvalue weighted by atomic mass is 10.1. The lowest BCUT2D eigenvalue weighted by Crippen LogP contribution is -2.23. The van der Waals surface area contributed by atoms with Gasteiger partial charge in [-0.1, -0.05) is 35.9 Å². The van der Waals surface area contributed by atoms with Gasteiger partial charge in [0.15, 0.2) is 0 Å². The molecular weight excluding hydrogens is 288 g/mol. The topological polar surface area (TPSA) is 51.2 Å². The standard InChI is InChI=1S/C16H17ClN2O2/c1-2-21-11-14-6-4-3-5-13(14)10-19-16(20)12-7-8-18-15(17)9-12/h3-9H,2,10-11H2,1H3,(H,19,20). The molecule has 0 spiro atoms. The zero-order valence-corrected chi connectivity index (χ0v) is 12.6. The van der Waals surface area contributed by atoms with Crippen LogP contribution in [0.2, 0.25) is 5.15 Å². The van der Waals surface area contributed by atoms with E-state index in [9.17, 15) is 4.79 Å². The minimum absolute atomic E-state index is 0.175. The highest BCUT2D eigenvalue weighted by Gasteiger charge is 2.08. The maximum atomic E-state index is 12.1. The normalized spacial score (nSPS) is 10.4. The molecule has 0 atom stereocenters. The maximum Gasteiger partial charge on any atom is 0.251 e. The average molecular weight is 305 g/mol. The van der Waals surface area contributed by atoms with E-state index < -0.39 is 0 Å². The van der Waals surface area contributed by atoms with Crippen molar-refractivity contribution in [2.45, 2.75) is 20.1 Å². The predicted molar refractivity (Wildman–Crippen MR) is 82.2 cm³/mol. The van der Waals surface area contributed by atoms with Crippen LogP contribution >= 0.6 is 11.6 Å². The largest absolute Gasteiger partial charge is 0.377 e. The molecular formula is C16H17ClN2O2. The van der Waals surface area contributed by atoms with Crippen LogP contribution in [0, 0.1) is 0 Å². The molecule has 1 amide bonds. The number of carbonyl (C=O) groups excluding carboxylic acids is 1. The molecule has 5 heteroatoms. The van der Waals surface area contributed by atoms with Gasteiger partial charge in [-0.15, -0.1) is 0 Å². The molecule has 2 aromatic rings. The van der Waals surface area contributed by atoms with Crippen LogP contribution < -0.4 is 5.32 Å². The van der Waals surface area contributed by atoms with Crippen LogP contribution in [0.15, 0.2) is 42.6 Å². The van der Waals surface area contributed by atoms with Gasteiger partial charge in [-0.25, -0.2) is 4.98 Å². The molecule has 1 N–H and O–H groups in total. The number of pyridine rings is 1. The van der Waals surface area contributed by atoms with Crippen LogP contribution in [0.3, 0.4) is 0 Å². The Balaban J connectivity index is 2.01. The number of benzene rings is 1. The average Bonchev–Trinajstić information content (AvgIpc) is 2.51. The van der Waals surface area contributed by atoms with Crippen LogP contribution in [0.4, 0.5) is 0 Å². The molecule has 0 aliphatic heterocycles. The Hall–Kier alpha value is -1.91. The van der Waals surface area contributed by atoms with Crippen LogP contribution in [-0.2, 0) is 17.9 Å². The molecule has 2 rings (SSSR count). The Morgan fingerprint density at radius 1 is 1.29 bits per heavy atom. The van der Waals surface area contributed by atoms with Crippen molar-refractivity contribution in [3.63, 3.8) is 0 Å². The number of ether oxygens (including phenoxy) is 1. The number of nitrogens with one attached hydrogen (secondary N) is 1. The molecule has 1 heterocycles. The number of amides is 1. The molecule has 0 unspecified atom stereocenters. The van der Waals surface area contributed by atoms with Gasteiger partial charge in [-0.2, -0.15) is 0 Å². The summed E-state index contributed by atoms with van der Waals surface area (Å²) in [6, 6.07) is 11.1. The summed E-state index contributed by atoms with van der Waals surface area (Å²) in [5, 5.41) is 3.18. The monoisotopic (exact) mass is 304 g/mol. The fraction of sp³-hybridized carbons (Fsp3) is 0.250. The van der Waals surface area contributed by atoms with Crippen LogP contribution in [0.25, 0.3) is 0 Å². The van der Waals surface area contributed by atoms with Crippen molar-refractivity contribution in [2.75, 3.05) is 6.61 Å². The SMILES string of the molecule is CCOCc1ccccc1CNC(=O)c1ccnc(Cl)c1. The Morgan fingerprint density at radius 2 is 2.05 bits per heavy atom. The Kier molecular flexibility index (Phi) is 5.72. The number of hydrogen-bond acceptors (Lipinski definition) is 3. The third-order valence-electron chi connectivity index (χ3n) is 3.01. The molecule has 0 radical (unpaired) electrons. The van der Waals surface area contributed by atoms with Crippen LogP contribution in [-0.4, -0.2) is 17.5 Å². The summed E-state index contributed by atoms with van der Waals surface area (Å²) in [6.07, 6.45) is 1.51. The lowest BCUT2D eigenvalue weighted by molar-refractivity contribution is 0.0949. The van der Waals surface area contributed by atoms with Crippen molar-refractivity contribution in [1.82, 2.24) is 10.3 Å². The first-order chi connectivity index (χ1) is 10.2.